The zero-order valence-electron chi connectivity index (χ0n) is 13.5. The maximum Gasteiger partial charge on any atom is 0.254 e. The molecule has 0 saturated carbocycles. The maximum atomic E-state index is 13.2. The van der Waals surface area contributed by atoms with E-state index in [0.717, 1.165) is 25.0 Å². The molecule has 0 unspecified atom stereocenters. The van der Waals surface area contributed by atoms with Gasteiger partial charge in [-0.1, -0.05) is 13.8 Å². The van der Waals surface area contributed by atoms with Crippen molar-refractivity contribution in [3.8, 4) is 0 Å². The third-order valence-electron chi connectivity index (χ3n) is 4.38. The van der Waals surface area contributed by atoms with E-state index >= 15 is 0 Å². The molecule has 4 nitrogen and oxygen atoms in total. The Morgan fingerprint density at radius 2 is 1.57 bits per heavy atom. The number of carbonyl (C=O) groups excluding carboxylic acids is 2. The fraction of sp³-hybridized carbons (Fsp3) is 0.529. The minimum absolute atomic E-state index is 0.0310. The molecule has 1 aromatic carbocycles. The maximum absolute atomic E-state index is 13.2. The SMILES string of the molecule is CCC(CC)C(=O)N1CCN(C(=O)c2ccc(F)c(F)c2)CC1. The van der Waals surface area contributed by atoms with Crippen LogP contribution in [0.15, 0.2) is 18.2 Å². The predicted octanol–water partition coefficient (Wildman–Crippen LogP) is 2.69. The molecule has 0 aliphatic carbocycles. The number of piperazine rings is 1. The number of amides is 2. The van der Waals surface area contributed by atoms with E-state index in [1.807, 2.05) is 13.8 Å². The summed E-state index contributed by atoms with van der Waals surface area (Å²) in [5, 5.41) is 0. The second-order valence-corrected chi connectivity index (χ2v) is 5.76. The van der Waals surface area contributed by atoms with Crippen molar-refractivity contribution >= 4 is 11.8 Å². The molecule has 0 aromatic heterocycles. The van der Waals surface area contributed by atoms with Crippen LogP contribution in [0.25, 0.3) is 0 Å². The summed E-state index contributed by atoms with van der Waals surface area (Å²) in [7, 11) is 0. The van der Waals surface area contributed by atoms with Crippen LogP contribution in [-0.4, -0.2) is 47.8 Å². The van der Waals surface area contributed by atoms with Crippen LogP contribution in [0.1, 0.15) is 37.0 Å². The second kappa shape index (κ2) is 7.53. The Labute approximate surface area is 135 Å². The Bertz CT molecular complexity index is 580. The Balaban J connectivity index is 1.97. The van der Waals surface area contributed by atoms with E-state index in [-0.39, 0.29) is 23.3 Å². The van der Waals surface area contributed by atoms with Crippen molar-refractivity contribution in [2.45, 2.75) is 26.7 Å². The molecule has 0 radical (unpaired) electrons. The highest BCUT2D eigenvalue weighted by atomic mass is 19.2. The van der Waals surface area contributed by atoms with Gasteiger partial charge in [-0.05, 0) is 31.0 Å². The van der Waals surface area contributed by atoms with Crippen molar-refractivity contribution in [2.75, 3.05) is 26.2 Å². The molecule has 2 amide bonds. The van der Waals surface area contributed by atoms with Crippen molar-refractivity contribution in [2.24, 2.45) is 5.92 Å². The standard InChI is InChI=1S/C17H22F2N2O2/c1-3-12(4-2)16(22)20-7-9-21(10-8-20)17(23)13-5-6-14(18)15(19)11-13/h5-6,11-12H,3-4,7-10H2,1-2H3. The molecule has 1 aliphatic heterocycles. The van der Waals surface area contributed by atoms with Crippen LogP contribution in [0.5, 0.6) is 0 Å². The quantitative estimate of drug-likeness (QED) is 0.854. The fourth-order valence-corrected chi connectivity index (χ4v) is 2.84. The third kappa shape index (κ3) is 3.86. The molecule has 0 N–H and O–H groups in total. The zero-order valence-corrected chi connectivity index (χ0v) is 13.5. The number of halogens is 2. The van der Waals surface area contributed by atoms with Gasteiger partial charge in [0.15, 0.2) is 11.6 Å². The van der Waals surface area contributed by atoms with Crippen molar-refractivity contribution in [1.29, 1.82) is 0 Å². The molecule has 1 aliphatic rings. The summed E-state index contributed by atoms with van der Waals surface area (Å²) < 4.78 is 26.2. The lowest BCUT2D eigenvalue weighted by Gasteiger charge is -2.36. The first-order valence-electron chi connectivity index (χ1n) is 8.01. The Kier molecular flexibility index (Phi) is 5.69. The largest absolute Gasteiger partial charge is 0.339 e. The van der Waals surface area contributed by atoms with Gasteiger partial charge in [0.05, 0.1) is 0 Å². The van der Waals surface area contributed by atoms with Crippen molar-refractivity contribution < 1.29 is 18.4 Å². The smallest absolute Gasteiger partial charge is 0.254 e. The van der Waals surface area contributed by atoms with Crippen LogP contribution in [-0.2, 0) is 4.79 Å². The highest BCUT2D eigenvalue weighted by Crippen LogP contribution is 2.16. The minimum atomic E-state index is -1.03. The lowest BCUT2D eigenvalue weighted by Crippen LogP contribution is -2.51. The van der Waals surface area contributed by atoms with Gasteiger partial charge in [0.2, 0.25) is 5.91 Å². The van der Waals surface area contributed by atoms with Gasteiger partial charge in [-0.25, -0.2) is 8.78 Å². The molecule has 0 atom stereocenters. The molecule has 1 saturated heterocycles. The van der Waals surface area contributed by atoms with Gasteiger partial charge >= 0.3 is 0 Å². The van der Waals surface area contributed by atoms with E-state index in [0.29, 0.717) is 26.2 Å². The lowest BCUT2D eigenvalue weighted by molar-refractivity contribution is -0.137. The van der Waals surface area contributed by atoms with E-state index in [9.17, 15) is 18.4 Å². The molecule has 126 valence electrons. The minimum Gasteiger partial charge on any atom is -0.339 e. The van der Waals surface area contributed by atoms with Crippen LogP contribution in [0.4, 0.5) is 8.78 Å². The number of hydrogen-bond acceptors (Lipinski definition) is 2. The molecule has 2 rings (SSSR count). The molecular weight excluding hydrogens is 302 g/mol. The molecule has 6 heteroatoms. The van der Waals surface area contributed by atoms with Gasteiger partial charge in [-0.15, -0.1) is 0 Å². The normalized spacial score (nSPS) is 15.2. The number of benzene rings is 1. The lowest BCUT2D eigenvalue weighted by atomic mass is 10.0. The van der Waals surface area contributed by atoms with E-state index in [1.165, 1.54) is 6.07 Å². The monoisotopic (exact) mass is 324 g/mol. The third-order valence-corrected chi connectivity index (χ3v) is 4.38. The van der Waals surface area contributed by atoms with Crippen LogP contribution in [0.2, 0.25) is 0 Å². The highest BCUT2D eigenvalue weighted by Gasteiger charge is 2.28. The summed E-state index contributed by atoms with van der Waals surface area (Å²) in [5.74, 6) is -2.17. The van der Waals surface area contributed by atoms with E-state index in [2.05, 4.69) is 0 Å². The van der Waals surface area contributed by atoms with Crippen molar-refractivity contribution in [3.63, 3.8) is 0 Å². The van der Waals surface area contributed by atoms with E-state index in [1.54, 1.807) is 9.80 Å². The van der Waals surface area contributed by atoms with Gasteiger partial charge in [0.25, 0.3) is 5.91 Å². The van der Waals surface area contributed by atoms with Gasteiger partial charge < -0.3 is 9.80 Å². The van der Waals surface area contributed by atoms with Gasteiger partial charge in [0.1, 0.15) is 0 Å². The highest BCUT2D eigenvalue weighted by molar-refractivity contribution is 5.94. The zero-order chi connectivity index (χ0) is 17.0. The first-order chi connectivity index (χ1) is 11.0. The summed E-state index contributed by atoms with van der Waals surface area (Å²) in [6, 6.07) is 3.15. The van der Waals surface area contributed by atoms with Crippen LogP contribution < -0.4 is 0 Å². The van der Waals surface area contributed by atoms with Crippen molar-refractivity contribution in [1.82, 2.24) is 9.80 Å². The number of nitrogens with zero attached hydrogens (tertiary/aromatic N) is 2. The van der Waals surface area contributed by atoms with Crippen LogP contribution in [0, 0.1) is 17.6 Å². The van der Waals surface area contributed by atoms with E-state index in [4.69, 9.17) is 0 Å². The summed E-state index contributed by atoms with van der Waals surface area (Å²) in [6.07, 6.45) is 1.62. The molecule has 1 aromatic rings. The summed E-state index contributed by atoms with van der Waals surface area (Å²) >= 11 is 0. The summed E-state index contributed by atoms with van der Waals surface area (Å²) in [5.41, 5.74) is 0.128. The predicted molar refractivity (Wildman–Crippen MR) is 82.9 cm³/mol. The Morgan fingerprint density at radius 3 is 2.09 bits per heavy atom. The first kappa shape index (κ1) is 17.4. The van der Waals surface area contributed by atoms with Crippen LogP contribution in [0.3, 0.4) is 0 Å². The van der Waals surface area contributed by atoms with Crippen molar-refractivity contribution in [3.05, 3.63) is 35.4 Å². The Morgan fingerprint density at radius 1 is 1.00 bits per heavy atom. The van der Waals surface area contributed by atoms with Gasteiger partial charge in [-0.3, -0.25) is 9.59 Å². The van der Waals surface area contributed by atoms with Gasteiger partial charge in [0, 0.05) is 37.7 Å². The fourth-order valence-electron chi connectivity index (χ4n) is 2.84. The second-order valence-electron chi connectivity index (χ2n) is 5.76. The molecule has 0 bridgehead atoms. The molecule has 1 heterocycles. The molecule has 1 fully saturated rings. The van der Waals surface area contributed by atoms with Gasteiger partial charge in [-0.2, -0.15) is 0 Å². The number of rotatable bonds is 4. The number of carbonyl (C=O) groups is 2. The topological polar surface area (TPSA) is 40.6 Å². The molecular formula is C17H22F2N2O2. The first-order valence-corrected chi connectivity index (χ1v) is 8.01. The van der Waals surface area contributed by atoms with E-state index < -0.39 is 11.6 Å². The summed E-state index contributed by atoms with van der Waals surface area (Å²) in [6.45, 7) is 5.76. The summed E-state index contributed by atoms with van der Waals surface area (Å²) in [4.78, 5) is 28.0. The van der Waals surface area contributed by atoms with Crippen LogP contribution >= 0.6 is 0 Å². The molecule has 23 heavy (non-hydrogen) atoms. The average molecular weight is 324 g/mol. The average Bonchev–Trinajstić information content (AvgIpc) is 2.58. The number of hydrogen-bond donors (Lipinski definition) is 0. The Hall–Kier alpha value is -1.98. The molecule has 0 spiro atoms.